The molecule has 0 bridgehead atoms. The lowest BCUT2D eigenvalue weighted by atomic mass is 9.95. The van der Waals surface area contributed by atoms with Crippen LogP contribution in [-0.2, 0) is 7.05 Å². The van der Waals surface area contributed by atoms with E-state index < -0.39 is 0 Å². The van der Waals surface area contributed by atoms with Gasteiger partial charge in [0, 0.05) is 32.1 Å². The second-order valence-corrected chi connectivity index (χ2v) is 7.97. The number of hydrogen-bond acceptors (Lipinski definition) is 4. The highest BCUT2D eigenvalue weighted by Crippen LogP contribution is 2.34. The molecule has 7 heteroatoms. The van der Waals surface area contributed by atoms with Crippen molar-refractivity contribution in [2.75, 3.05) is 13.1 Å². The maximum absolute atomic E-state index is 12.8. The zero-order valence-electron chi connectivity index (χ0n) is 16.4. The molecule has 0 aromatic carbocycles. The molecule has 0 unspecified atom stereocenters. The molecule has 1 aliphatic heterocycles. The van der Waals surface area contributed by atoms with Crippen molar-refractivity contribution in [3.8, 4) is 0 Å². The molecular weight excluding hydrogens is 344 g/mol. The summed E-state index contributed by atoms with van der Waals surface area (Å²) in [7, 11) is 1.74. The van der Waals surface area contributed by atoms with Crippen LogP contribution in [0.15, 0.2) is 15.3 Å². The number of furan rings is 1. The molecule has 0 N–H and O–H groups in total. The third kappa shape index (κ3) is 3.24. The third-order valence-electron chi connectivity index (χ3n) is 6.09. The molecule has 146 valence electrons. The number of nitrogens with zero attached hydrogens (tertiary/aromatic N) is 4. The molecule has 2 aromatic heterocycles. The number of carbonyl (C=O) groups is 1. The lowest BCUT2D eigenvalue weighted by molar-refractivity contribution is 0.0708. The minimum absolute atomic E-state index is 0.0000897. The van der Waals surface area contributed by atoms with E-state index in [1.54, 1.807) is 7.05 Å². The predicted molar refractivity (Wildman–Crippen MR) is 101 cm³/mol. The molecule has 2 aromatic rings. The summed E-state index contributed by atoms with van der Waals surface area (Å²) >= 11 is 0. The van der Waals surface area contributed by atoms with Gasteiger partial charge in [0.25, 0.3) is 5.91 Å². The fraction of sp³-hybridized carbons (Fsp3) is 0.650. The number of rotatable bonds is 3. The number of amides is 1. The van der Waals surface area contributed by atoms with Crippen LogP contribution in [0, 0.1) is 13.8 Å². The minimum atomic E-state index is -0.0000897. The number of piperidine rings is 1. The smallest absolute Gasteiger partial charge is 0.345 e. The van der Waals surface area contributed by atoms with Gasteiger partial charge in [-0.05, 0) is 45.6 Å². The van der Waals surface area contributed by atoms with Gasteiger partial charge in [-0.2, -0.15) is 5.10 Å². The van der Waals surface area contributed by atoms with E-state index in [9.17, 15) is 9.59 Å². The van der Waals surface area contributed by atoms with Gasteiger partial charge in [0.15, 0.2) is 0 Å². The molecule has 2 fully saturated rings. The van der Waals surface area contributed by atoms with Crippen LogP contribution in [0.25, 0.3) is 0 Å². The predicted octanol–water partition coefficient (Wildman–Crippen LogP) is 2.93. The van der Waals surface area contributed by atoms with Crippen LogP contribution in [0.4, 0.5) is 0 Å². The number of carbonyl (C=O) groups excluding carboxylic acids is 1. The highest BCUT2D eigenvalue weighted by molar-refractivity contribution is 5.95. The third-order valence-corrected chi connectivity index (χ3v) is 6.09. The Morgan fingerprint density at radius 3 is 2.41 bits per heavy atom. The summed E-state index contributed by atoms with van der Waals surface area (Å²) < 4.78 is 8.93. The first-order valence-corrected chi connectivity index (χ1v) is 9.97. The second kappa shape index (κ2) is 7.02. The number of aryl methyl sites for hydroxylation is 3. The van der Waals surface area contributed by atoms with Gasteiger partial charge in [-0.3, -0.25) is 9.36 Å². The van der Waals surface area contributed by atoms with Crippen molar-refractivity contribution in [2.45, 2.75) is 64.3 Å². The van der Waals surface area contributed by atoms with E-state index in [-0.39, 0.29) is 23.6 Å². The zero-order valence-corrected chi connectivity index (χ0v) is 16.4. The molecule has 1 saturated carbocycles. The molecule has 0 spiro atoms. The molecule has 0 radical (unpaired) electrons. The van der Waals surface area contributed by atoms with Gasteiger partial charge in [-0.1, -0.05) is 12.8 Å². The van der Waals surface area contributed by atoms with Gasteiger partial charge in [0.1, 0.15) is 17.3 Å². The molecule has 2 aliphatic rings. The van der Waals surface area contributed by atoms with Crippen molar-refractivity contribution in [3.63, 3.8) is 0 Å². The summed E-state index contributed by atoms with van der Waals surface area (Å²) in [5.41, 5.74) is 0.659. The van der Waals surface area contributed by atoms with Crippen LogP contribution < -0.4 is 5.69 Å². The Balaban J connectivity index is 1.50. The number of hydrogen-bond donors (Lipinski definition) is 0. The average molecular weight is 372 g/mol. The van der Waals surface area contributed by atoms with Crippen LogP contribution in [0.2, 0.25) is 0 Å². The molecule has 27 heavy (non-hydrogen) atoms. The van der Waals surface area contributed by atoms with E-state index in [2.05, 4.69) is 5.10 Å². The van der Waals surface area contributed by atoms with Gasteiger partial charge in [0.2, 0.25) is 0 Å². The Bertz CT molecular complexity index is 893. The van der Waals surface area contributed by atoms with Gasteiger partial charge in [-0.25, -0.2) is 9.48 Å². The zero-order chi connectivity index (χ0) is 19.1. The lowest BCUT2D eigenvalue weighted by Crippen LogP contribution is -2.39. The summed E-state index contributed by atoms with van der Waals surface area (Å²) in [6, 6.07) is 2.11. The Morgan fingerprint density at radius 1 is 1.15 bits per heavy atom. The molecule has 7 nitrogen and oxygen atoms in total. The number of likely N-dealkylation sites (tertiary alicyclic amines) is 1. The van der Waals surface area contributed by atoms with E-state index in [1.807, 2.05) is 29.4 Å². The largest absolute Gasteiger partial charge is 0.466 e. The molecular formula is C20H28N4O3. The first-order chi connectivity index (χ1) is 13.0. The first kappa shape index (κ1) is 18.1. The van der Waals surface area contributed by atoms with E-state index in [0.29, 0.717) is 24.4 Å². The average Bonchev–Trinajstić information content (AvgIpc) is 3.35. The number of aromatic nitrogens is 3. The van der Waals surface area contributed by atoms with Crippen molar-refractivity contribution < 1.29 is 9.21 Å². The highest BCUT2D eigenvalue weighted by atomic mass is 16.3. The minimum Gasteiger partial charge on any atom is -0.466 e. The van der Waals surface area contributed by atoms with Gasteiger partial charge in [0.05, 0.1) is 5.56 Å². The molecule has 1 saturated heterocycles. The monoisotopic (exact) mass is 372 g/mol. The Hall–Kier alpha value is -2.31. The van der Waals surface area contributed by atoms with Crippen LogP contribution in [-0.4, -0.2) is 38.2 Å². The van der Waals surface area contributed by atoms with Crippen molar-refractivity contribution in [3.05, 3.63) is 39.5 Å². The molecule has 3 heterocycles. The van der Waals surface area contributed by atoms with Crippen LogP contribution in [0.1, 0.15) is 78.2 Å². The maximum Gasteiger partial charge on any atom is 0.345 e. The van der Waals surface area contributed by atoms with E-state index in [4.69, 9.17) is 4.42 Å². The van der Waals surface area contributed by atoms with E-state index in [1.165, 1.54) is 17.5 Å². The molecule has 1 amide bonds. The Labute approximate surface area is 159 Å². The quantitative estimate of drug-likeness (QED) is 0.830. The van der Waals surface area contributed by atoms with Crippen LogP contribution in [0.5, 0.6) is 0 Å². The molecule has 1 aliphatic carbocycles. The summed E-state index contributed by atoms with van der Waals surface area (Å²) in [5, 5.41) is 4.57. The second-order valence-electron chi connectivity index (χ2n) is 7.97. The Morgan fingerprint density at radius 2 is 1.81 bits per heavy atom. The highest BCUT2D eigenvalue weighted by Gasteiger charge is 2.32. The summed E-state index contributed by atoms with van der Waals surface area (Å²) in [5.74, 6) is 2.63. The fourth-order valence-electron chi connectivity index (χ4n) is 4.64. The topological polar surface area (TPSA) is 73.3 Å². The lowest BCUT2D eigenvalue weighted by Gasteiger charge is -2.32. The maximum atomic E-state index is 12.8. The van der Waals surface area contributed by atoms with Gasteiger partial charge >= 0.3 is 5.69 Å². The van der Waals surface area contributed by atoms with E-state index in [0.717, 1.165) is 37.3 Å². The fourth-order valence-corrected chi connectivity index (χ4v) is 4.64. The normalized spacial score (nSPS) is 19.1. The summed E-state index contributed by atoms with van der Waals surface area (Å²) in [6.45, 7) is 5.06. The Kier molecular flexibility index (Phi) is 4.70. The van der Waals surface area contributed by atoms with Crippen molar-refractivity contribution in [2.24, 2.45) is 7.05 Å². The van der Waals surface area contributed by atoms with E-state index >= 15 is 0 Å². The summed E-state index contributed by atoms with van der Waals surface area (Å²) in [6.07, 6.45) is 6.17. The van der Waals surface area contributed by atoms with Crippen molar-refractivity contribution >= 4 is 5.91 Å². The van der Waals surface area contributed by atoms with Gasteiger partial charge in [-0.15, -0.1) is 0 Å². The van der Waals surface area contributed by atoms with Crippen molar-refractivity contribution in [1.29, 1.82) is 0 Å². The van der Waals surface area contributed by atoms with Gasteiger partial charge < -0.3 is 9.32 Å². The SMILES string of the molecule is Cc1cc(C(=O)N2CCC(c3nn(C)c(=O)n3C3CCCC3)CC2)c(C)o1. The van der Waals surface area contributed by atoms with Crippen LogP contribution in [0.3, 0.4) is 0 Å². The molecule has 4 rings (SSSR count). The first-order valence-electron chi connectivity index (χ1n) is 9.97. The van der Waals surface area contributed by atoms with Crippen LogP contribution >= 0.6 is 0 Å². The molecule has 0 atom stereocenters. The van der Waals surface area contributed by atoms with Crippen molar-refractivity contribution in [1.82, 2.24) is 19.2 Å². The summed E-state index contributed by atoms with van der Waals surface area (Å²) in [4.78, 5) is 27.3. The standard InChI is InChI=1S/C20H28N4O3/c1-13-12-17(14(2)27-13)19(25)23-10-8-15(9-11-23)18-21-22(3)20(26)24(18)16-6-4-5-7-16/h12,15-16H,4-11H2,1-3H3.